The summed E-state index contributed by atoms with van der Waals surface area (Å²) in [5, 5.41) is 9.10. The number of hydrogen-bond acceptors (Lipinski definition) is 3. The van der Waals surface area contributed by atoms with Crippen LogP contribution in [0.2, 0.25) is 0 Å². The molecule has 0 saturated carbocycles. The lowest BCUT2D eigenvalue weighted by molar-refractivity contribution is -0.137. The Kier molecular flexibility index (Phi) is 7.22. The first-order valence-electron chi connectivity index (χ1n) is 9.97. The fourth-order valence-electron chi connectivity index (χ4n) is 3.20. The summed E-state index contributed by atoms with van der Waals surface area (Å²) in [5.74, 6) is 0.367. The van der Waals surface area contributed by atoms with E-state index in [9.17, 15) is 9.59 Å². The second-order valence-electron chi connectivity index (χ2n) is 6.94. The predicted octanol–water partition coefficient (Wildman–Crippen LogP) is 5.16. The molecule has 0 aliphatic heterocycles. The summed E-state index contributed by atoms with van der Waals surface area (Å²) >= 11 is 0. The van der Waals surface area contributed by atoms with Crippen LogP contribution >= 0.6 is 0 Å². The van der Waals surface area contributed by atoms with Gasteiger partial charge in [-0.05, 0) is 47.9 Å². The van der Waals surface area contributed by atoms with E-state index in [1.165, 1.54) is 0 Å². The van der Waals surface area contributed by atoms with Gasteiger partial charge in [0.05, 0.1) is 6.42 Å². The third kappa shape index (κ3) is 5.70. The minimum Gasteiger partial charge on any atom is -0.481 e. The van der Waals surface area contributed by atoms with Gasteiger partial charge in [0.1, 0.15) is 11.5 Å². The molecule has 1 amide bonds. The van der Waals surface area contributed by atoms with E-state index in [0.717, 1.165) is 23.3 Å². The molecule has 5 heteroatoms. The molecule has 5 nitrogen and oxygen atoms in total. The predicted molar refractivity (Wildman–Crippen MR) is 116 cm³/mol. The molecule has 0 radical (unpaired) electrons. The van der Waals surface area contributed by atoms with Crippen molar-refractivity contribution in [1.29, 1.82) is 0 Å². The average molecular weight is 403 g/mol. The number of benzene rings is 3. The molecular weight excluding hydrogens is 378 g/mol. The molecule has 0 aromatic heterocycles. The summed E-state index contributed by atoms with van der Waals surface area (Å²) in [7, 11) is 0. The fourth-order valence-corrected chi connectivity index (χ4v) is 3.20. The van der Waals surface area contributed by atoms with E-state index in [2.05, 4.69) is 0 Å². The van der Waals surface area contributed by atoms with Crippen LogP contribution in [0, 0.1) is 0 Å². The van der Waals surface area contributed by atoms with Crippen molar-refractivity contribution < 1.29 is 19.4 Å². The van der Waals surface area contributed by atoms with Crippen LogP contribution in [0.25, 0.3) is 0 Å². The van der Waals surface area contributed by atoms with Crippen LogP contribution in [0.5, 0.6) is 11.5 Å². The maximum atomic E-state index is 13.2. The summed E-state index contributed by atoms with van der Waals surface area (Å²) in [4.78, 5) is 25.9. The highest BCUT2D eigenvalue weighted by atomic mass is 16.5. The first-order chi connectivity index (χ1) is 14.6. The molecule has 154 valence electrons. The van der Waals surface area contributed by atoms with Crippen LogP contribution in [0.1, 0.15) is 34.8 Å². The van der Waals surface area contributed by atoms with E-state index >= 15 is 0 Å². The van der Waals surface area contributed by atoms with Gasteiger partial charge in [0.25, 0.3) is 5.91 Å². The van der Waals surface area contributed by atoms with Crippen molar-refractivity contribution in [3.05, 3.63) is 95.6 Å². The number of amides is 1. The molecule has 0 atom stereocenters. The topological polar surface area (TPSA) is 66.8 Å². The number of carboxylic acids is 1. The Balaban J connectivity index is 1.75. The SMILES string of the molecule is CCc1ccccc1C(=O)N(CCC(=O)O)Cc1ccc(Oc2ccccc2)cc1. The second-order valence-corrected chi connectivity index (χ2v) is 6.94. The van der Waals surface area contributed by atoms with Gasteiger partial charge < -0.3 is 14.7 Å². The number of carbonyl (C=O) groups excluding carboxylic acids is 1. The third-order valence-corrected chi connectivity index (χ3v) is 4.79. The quantitative estimate of drug-likeness (QED) is 0.536. The van der Waals surface area contributed by atoms with Gasteiger partial charge in [0.2, 0.25) is 0 Å². The molecular formula is C25H25NO4. The Hall–Kier alpha value is -3.60. The first kappa shape index (κ1) is 21.1. The van der Waals surface area contributed by atoms with Crippen molar-refractivity contribution in [3.8, 4) is 11.5 Å². The van der Waals surface area contributed by atoms with Gasteiger partial charge in [0, 0.05) is 18.7 Å². The zero-order valence-corrected chi connectivity index (χ0v) is 17.0. The summed E-state index contributed by atoms with van der Waals surface area (Å²) < 4.78 is 5.81. The number of carboxylic acid groups (broad SMARTS) is 1. The summed E-state index contributed by atoms with van der Waals surface area (Å²) in [5.41, 5.74) is 2.48. The highest BCUT2D eigenvalue weighted by Gasteiger charge is 2.19. The largest absolute Gasteiger partial charge is 0.481 e. The van der Waals surface area contributed by atoms with Crippen LogP contribution in [0.3, 0.4) is 0 Å². The summed E-state index contributed by atoms with van der Waals surface area (Å²) in [6.07, 6.45) is 0.634. The number of aryl methyl sites for hydroxylation is 1. The molecule has 3 rings (SSSR count). The highest BCUT2D eigenvalue weighted by Crippen LogP contribution is 2.22. The molecule has 0 unspecified atom stereocenters. The fraction of sp³-hybridized carbons (Fsp3) is 0.200. The van der Waals surface area contributed by atoms with E-state index < -0.39 is 5.97 Å². The number of rotatable bonds is 9. The van der Waals surface area contributed by atoms with Gasteiger partial charge in [-0.15, -0.1) is 0 Å². The van der Waals surface area contributed by atoms with Crippen LogP contribution in [0.4, 0.5) is 0 Å². The van der Waals surface area contributed by atoms with Gasteiger partial charge in [-0.1, -0.05) is 55.5 Å². The lowest BCUT2D eigenvalue weighted by Gasteiger charge is -2.23. The molecule has 3 aromatic carbocycles. The van der Waals surface area contributed by atoms with Crippen molar-refractivity contribution in [2.24, 2.45) is 0 Å². The molecule has 0 aliphatic carbocycles. The maximum absolute atomic E-state index is 13.2. The third-order valence-electron chi connectivity index (χ3n) is 4.79. The maximum Gasteiger partial charge on any atom is 0.305 e. The van der Waals surface area contributed by atoms with E-state index in [4.69, 9.17) is 9.84 Å². The first-order valence-corrected chi connectivity index (χ1v) is 9.97. The minimum absolute atomic E-state index is 0.102. The number of ether oxygens (including phenoxy) is 1. The second kappa shape index (κ2) is 10.3. The molecule has 30 heavy (non-hydrogen) atoms. The monoisotopic (exact) mass is 403 g/mol. The minimum atomic E-state index is -0.928. The van der Waals surface area contributed by atoms with Crippen molar-refractivity contribution in [2.45, 2.75) is 26.3 Å². The summed E-state index contributed by atoms with van der Waals surface area (Å²) in [6.45, 7) is 2.48. The summed E-state index contributed by atoms with van der Waals surface area (Å²) in [6, 6.07) is 24.4. The highest BCUT2D eigenvalue weighted by molar-refractivity contribution is 5.95. The molecule has 0 heterocycles. The molecule has 3 aromatic rings. The Bertz CT molecular complexity index is 984. The zero-order valence-electron chi connectivity index (χ0n) is 17.0. The van der Waals surface area contributed by atoms with Gasteiger partial charge in [-0.25, -0.2) is 0 Å². The van der Waals surface area contributed by atoms with Gasteiger partial charge in [0.15, 0.2) is 0 Å². The standard InChI is InChI=1S/C25H25NO4/c1-2-20-8-6-7-11-23(20)25(29)26(17-16-24(27)28)18-19-12-14-22(15-13-19)30-21-9-4-3-5-10-21/h3-15H,2,16-18H2,1H3,(H,27,28). The number of aliphatic carboxylic acids is 1. The normalized spacial score (nSPS) is 10.4. The number of carbonyl (C=O) groups is 2. The van der Waals surface area contributed by atoms with Crippen LogP contribution < -0.4 is 4.74 Å². The van der Waals surface area contributed by atoms with Crippen molar-refractivity contribution in [2.75, 3.05) is 6.54 Å². The van der Waals surface area contributed by atoms with E-state index in [1.54, 1.807) is 11.0 Å². The smallest absolute Gasteiger partial charge is 0.305 e. The molecule has 0 spiro atoms. The van der Waals surface area contributed by atoms with Gasteiger partial charge >= 0.3 is 5.97 Å². The molecule has 0 saturated heterocycles. The number of nitrogens with zero attached hydrogens (tertiary/aromatic N) is 1. The van der Waals surface area contributed by atoms with E-state index in [-0.39, 0.29) is 18.9 Å². The number of para-hydroxylation sites is 1. The Morgan fingerprint density at radius 3 is 2.17 bits per heavy atom. The van der Waals surface area contributed by atoms with Crippen LogP contribution in [-0.4, -0.2) is 28.4 Å². The molecule has 0 aliphatic rings. The van der Waals surface area contributed by atoms with E-state index in [0.29, 0.717) is 17.9 Å². The Morgan fingerprint density at radius 2 is 1.50 bits per heavy atom. The molecule has 0 bridgehead atoms. The van der Waals surface area contributed by atoms with Gasteiger partial charge in [-0.3, -0.25) is 9.59 Å². The van der Waals surface area contributed by atoms with Crippen LogP contribution in [-0.2, 0) is 17.8 Å². The lowest BCUT2D eigenvalue weighted by atomic mass is 10.0. The Labute approximate surface area is 176 Å². The van der Waals surface area contributed by atoms with Crippen molar-refractivity contribution >= 4 is 11.9 Å². The van der Waals surface area contributed by atoms with Crippen LogP contribution in [0.15, 0.2) is 78.9 Å². The van der Waals surface area contributed by atoms with Crippen molar-refractivity contribution in [3.63, 3.8) is 0 Å². The number of hydrogen-bond donors (Lipinski definition) is 1. The lowest BCUT2D eigenvalue weighted by Crippen LogP contribution is -2.33. The zero-order chi connectivity index (χ0) is 21.3. The Morgan fingerprint density at radius 1 is 0.867 bits per heavy atom. The van der Waals surface area contributed by atoms with Gasteiger partial charge in [-0.2, -0.15) is 0 Å². The van der Waals surface area contributed by atoms with E-state index in [1.807, 2.05) is 79.7 Å². The molecule has 0 fully saturated rings. The molecule has 1 N–H and O–H groups in total. The van der Waals surface area contributed by atoms with Crippen molar-refractivity contribution in [1.82, 2.24) is 4.90 Å². The average Bonchev–Trinajstić information content (AvgIpc) is 2.78.